The van der Waals surface area contributed by atoms with Crippen molar-refractivity contribution in [2.75, 3.05) is 26.2 Å². The molecule has 2 nitrogen and oxygen atoms in total. The van der Waals surface area contributed by atoms with Crippen molar-refractivity contribution in [2.45, 2.75) is 65.3 Å². The molecule has 1 saturated carbocycles. The minimum Gasteiger partial charge on any atom is -0.316 e. The maximum Gasteiger partial charge on any atom is 0.00980 e. The Balaban J connectivity index is 1.85. The van der Waals surface area contributed by atoms with E-state index in [4.69, 9.17) is 0 Å². The van der Waals surface area contributed by atoms with E-state index in [0.29, 0.717) is 0 Å². The van der Waals surface area contributed by atoms with Crippen LogP contribution in [-0.4, -0.2) is 37.1 Å². The molecule has 112 valence electrons. The van der Waals surface area contributed by atoms with Crippen molar-refractivity contribution in [1.29, 1.82) is 0 Å². The molecule has 1 aliphatic heterocycles. The van der Waals surface area contributed by atoms with Crippen molar-refractivity contribution in [3.05, 3.63) is 0 Å². The summed E-state index contributed by atoms with van der Waals surface area (Å²) >= 11 is 0. The molecule has 1 heterocycles. The van der Waals surface area contributed by atoms with Crippen molar-refractivity contribution in [2.24, 2.45) is 17.8 Å². The molecule has 2 heteroatoms. The number of piperidine rings is 1. The summed E-state index contributed by atoms with van der Waals surface area (Å²) in [6, 6.07) is 0.869. The summed E-state index contributed by atoms with van der Waals surface area (Å²) < 4.78 is 0. The second-order valence-electron chi connectivity index (χ2n) is 7.12. The predicted octanol–water partition coefficient (Wildman–Crippen LogP) is 3.52. The van der Waals surface area contributed by atoms with E-state index in [0.717, 1.165) is 23.8 Å². The maximum atomic E-state index is 3.57. The van der Waals surface area contributed by atoms with Crippen LogP contribution in [0.4, 0.5) is 0 Å². The number of nitrogens with zero attached hydrogens (tertiary/aromatic N) is 1. The first-order valence-electron chi connectivity index (χ1n) is 8.65. The molecule has 0 radical (unpaired) electrons. The molecule has 1 aliphatic carbocycles. The van der Waals surface area contributed by atoms with E-state index in [2.05, 4.69) is 31.0 Å². The molecular weight excluding hydrogens is 232 g/mol. The average molecular weight is 266 g/mol. The Morgan fingerprint density at radius 2 is 2.00 bits per heavy atom. The molecule has 2 rings (SSSR count). The van der Waals surface area contributed by atoms with Gasteiger partial charge >= 0.3 is 0 Å². The van der Waals surface area contributed by atoms with Gasteiger partial charge in [-0.3, -0.25) is 0 Å². The van der Waals surface area contributed by atoms with E-state index >= 15 is 0 Å². The number of nitrogens with one attached hydrogen (secondary N) is 1. The van der Waals surface area contributed by atoms with Crippen LogP contribution in [0.1, 0.15) is 59.3 Å². The Kier molecular flexibility index (Phi) is 6.15. The number of rotatable bonds is 5. The normalized spacial score (nSPS) is 33.0. The van der Waals surface area contributed by atoms with Gasteiger partial charge in [-0.25, -0.2) is 0 Å². The van der Waals surface area contributed by atoms with E-state index < -0.39 is 0 Å². The van der Waals surface area contributed by atoms with Crippen molar-refractivity contribution in [3.63, 3.8) is 0 Å². The van der Waals surface area contributed by atoms with Crippen molar-refractivity contribution in [1.82, 2.24) is 10.2 Å². The van der Waals surface area contributed by atoms with E-state index in [1.54, 1.807) is 0 Å². The molecule has 19 heavy (non-hydrogen) atoms. The summed E-state index contributed by atoms with van der Waals surface area (Å²) in [5.74, 6) is 2.74. The molecule has 2 aliphatic rings. The van der Waals surface area contributed by atoms with Gasteiger partial charge < -0.3 is 10.2 Å². The van der Waals surface area contributed by atoms with Crippen molar-refractivity contribution >= 4 is 0 Å². The highest BCUT2D eigenvalue weighted by Gasteiger charge is 2.29. The van der Waals surface area contributed by atoms with E-state index in [-0.39, 0.29) is 0 Å². The zero-order valence-corrected chi connectivity index (χ0v) is 13.3. The van der Waals surface area contributed by atoms with E-state index in [1.165, 1.54) is 64.7 Å². The lowest BCUT2D eigenvalue weighted by Crippen LogP contribution is -2.45. The summed E-state index contributed by atoms with van der Waals surface area (Å²) in [5, 5.41) is 3.57. The van der Waals surface area contributed by atoms with E-state index in [9.17, 15) is 0 Å². The fourth-order valence-corrected chi connectivity index (χ4v) is 4.09. The van der Waals surface area contributed by atoms with Gasteiger partial charge in [-0.05, 0) is 63.1 Å². The summed E-state index contributed by atoms with van der Waals surface area (Å²) in [5.41, 5.74) is 0. The fraction of sp³-hybridized carbons (Fsp3) is 1.00. The van der Waals surface area contributed by atoms with E-state index in [1.807, 2.05) is 0 Å². The lowest BCUT2D eigenvalue weighted by Gasteiger charge is -2.40. The first-order chi connectivity index (χ1) is 9.20. The maximum absolute atomic E-state index is 3.57. The van der Waals surface area contributed by atoms with Crippen LogP contribution in [0.3, 0.4) is 0 Å². The SMILES string of the molecule is CCN(CC1CCCNC1)C1CCCC(C(C)C)C1. The van der Waals surface area contributed by atoms with Crippen LogP contribution >= 0.6 is 0 Å². The van der Waals surface area contributed by atoms with Crippen LogP contribution < -0.4 is 5.32 Å². The first kappa shape index (κ1) is 15.3. The average Bonchev–Trinajstić information content (AvgIpc) is 2.46. The van der Waals surface area contributed by atoms with Crippen molar-refractivity contribution in [3.8, 4) is 0 Å². The molecule has 1 saturated heterocycles. The Labute approximate surface area is 120 Å². The third kappa shape index (κ3) is 4.46. The van der Waals surface area contributed by atoms with Crippen molar-refractivity contribution < 1.29 is 0 Å². The molecule has 1 N–H and O–H groups in total. The number of hydrogen-bond donors (Lipinski definition) is 1. The highest BCUT2D eigenvalue weighted by Crippen LogP contribution is 2.33. The third-order valence-corrected chi connectivity index (χ3v) is 5.44. The van der Waals surface area contributed by atoms with Gasteiger partial charge in [0, 0.05) is 12.6 Å². The molecule has 0 amide bonds. The van der Waals surface area contributed by atoms with Gasteiger partial charge in [0.2, 0.25) is 0 Å². The first-order valence-corrected chi connectivity index (χ1v) is 8.65. The number of hydrogen-bond acceptors (Lipinski definition) is 2. The Bertz CT molecular complexity index is 246. The van der Waals surface area contributed by atoms with Crippen LogP contribution in [0.5, 0.6) is 0 Å². The van der Waals surface area contributed by atoms with Gasteiger partial charge in [-0.2, -0.15) is 0 Å². The van der Waals surface area contributed by atoms with Crippen LogP contribution in [0.2, 0.25) is 0 Å². The Morgan fingerprint density at radius 1 is 1.16 bits per heavy atom. The van der Waals surface area contributed by atoms with Crippen LogP contribution in [0.25, 0.3) is 0 Å². The molecule has 0 spiro atoms. The third-order valence-electron chi connectivity index (χ3n) is 5.44. The minimum atomic E-state index is 0.869. The smallest absolute Gasteiger partial charge is 0.00980 e. The highest BCUT2D eigenvalue weighted by molar-refractivity contribution is 4.83. The molecular formula is C17H34N2. The summed E-state index contributed by atoms with van der Waals surface area (Å²) in [4.78, 5) is 2.80. The molecule has 0 aromatic rings. The topological polar surface area (TPSA) is 15.3 Å². The zero-order chi connectivity index (χ0) is 13.7. The molecule has 0 aromatic heterocycles. The minimum absolute atomic E-state index is 0.869. The zero-order valence-electron chi connectivity index (χ0n) is 13.3. The summed E-state index contributed by atoms with van der Waals surface area (Å²) in [6.45, 7) is 12.2. The Morgan fingerprint density at radius 3 is 2.63 bits per heavy atom. The molecule has 3 unspecified atom stereocenters. The van der Waals surface area contributed by atoms with Gasteiger partial charge in [0.15, 0.2) is 0 Å². The van der Waals surface area contributed by atoms with Gasteiger partial charge in [-0.15, -0.1) is 0 Å². The highest BCUT2D eigenvalue weighted by atomic mass is 15.2. The fourth-order valence-electron chi connectivity index (χ4n) is 4.09. The largest absolute Gasteiger partial charge is 0.316 e. The second kappa shape index (κ2) is 7.64. The predicted molar refractivity (Wildman–Crippen MR) is 83.4 cm³/mol. The lowest BCUT2D eigenvalue weighted by molar-refractivity contribution is 0.0976. The molecule has 0 bridgehead atoms. The van der Waals surface area contributed by atoms with Gasteiger partial charge in [0.1, 0.15) is 0 Å². The molecule has 0 aromatic carbocycles. The van der Waals surface area contributed by atoms with Crippen LogP contribution in [-0.2, 0) is 0 Å². The lowest BCUT2D eigenvalue weighted by atomic mass is 9.78. The molecule has 2 fully saturated rings. The standard InChI is InChI=1S/C17H34N2/c1-4-19(13-15-7-6-10-18-12-15)17-9-5-8-16(11-17)14(2)3/h14-18H,4-13H2,1-3H3. The van der Waals surface area contributed by atoms with Gasteiger partial charge in [-0.1, -0.05) is 33.6 Å². The van der Waals surface area contributed by atoms with Crippen LogP contribution in [0.15, 0.2) is 0 Å². The summed E-state index contributed by atoms with van der Waals surface area (Å²) in [7, 11) is 0. The quantitative estimate of drug-likeness (QED) is 0.819. The second-order valence-corrected chi connectivity index (χ2v) is 7.12. The molecule has 3 atom stereocenters. The Hall–Kier alpha value is -0.0800. The summed E-state index contributed by atoms with van der Waals surface area (Å²) in [6.07, 6.45) is 8.62. The van der Waals surface area contributed by atoms with Crippen LogP contribution in [0, 0.1) is 17.8 Å². The van der Waals surface area contributed by atoms with Gasteiger partial charge in [0.25, 0.3) is 0 Å². The van der Waals surface area contributed by atoms with Gasteiger partial charge in [0.05, 0.1) is 0 Å². The monoisotopic (exact) mass is 266 g/mol.